The molecule has 2 fully saturated rings. The van der Waals surface area contributed by atoms with Gasteiger partial charge in [-0.1, -0.05) is 43.7 Å². The molecule has 2 aromatic carbocycles. The number of aryl methyl sites for hydroxylation is 1. The smallest absolute Gasteiger partial charge is 0.308 e. The van der Waals surface area contributed by atoms with Crippen molar-refractivity contribution in [3.63, 3.8) is 0 Å². The summed E-state index contributed by atoms with van der Waals surface area (Å²) < 4.78 is 18.6. The van der Waals surface area contributed by atoms with Crippen molar-refractivity contribution in [2.75, 3.05) is 27.2 Å². The van der Waals surface area contributed by atoms with Gasteiger partial charge in [-0.15, -0.1) is 0 Å². The molecular formula is C34H42N2O5. The maximum atomic E-state index is 14.0. The van der Waals surface area contributed by atoms with Crippen LogP contribution in [0.2, 0.25) is 0 Å². The predicted octanol–water partition coefficient (Wildman–Crippen LogP) is 5.16. The van der Waals surface area contributed by atoms with E-state index in [-0.39, 0.29) is 29.4 Å². The first kappa shape index (κ1) is 27.8. The first-order chi connectivity index (χ1) is 19.6. The maximum absolute atomic E-state index is 14.0. The number of amides is 1. The van der Waals surface area contributed by atoms with Crippen LogP contribution < -0.4 is 14.2 Å². The Morgan fingerprint density at radius 1 is 1.22 bits per heavy atom. The Morgan fingerprint density at radius 3 is 2.73 bits per heavy atom. The number of ether oxygens (including phenoxy) is 3. The van der Waals surface area contributed by atoms with Crippen LogP contribution in [0, 0.1) is 18.8 Å². The van der Waals surface area contributed by atoms with Crippen LogP contribution in [0.1, 0.15) is 62.3 Å². The molecule has 2 bridgehead atoms. The minimum Gasteiger partial charge on any atom is -0.493 e. The van der Waals surface area contributed by atoms with Crippen molar-refractivity contribution in [2.45, 2.75) is 77.0 Å². The second-order valence-corrected chi connectivity index (χ2v) is 12.8. The third-order valence-electron chi connectivity index (χ3n) is 9.82. The fraction of sp³-hybridized carbons (Fsp3) is 0.529. The Morgan fingerprint density at radius 2 is 2.02 bits per heavy atom. The van der Waals surface area contributed by atoms with E-state index in [9.17, 15) is 9.59 Å². The first-order valence-electron chi connectivity index (χ1n) is 15.0. The third kappa shape index (κ3) is 4.53. The summed E-state index contributed by atoms with van der Waals surface area (Å²) >= 11 is 0. The zero-order valence-corrected chi connectivity index (χ0v) is 25.1. The van der Waals surface area contributed by atoms with E-state index in [0.29, 0.717) is 35.9 Å². The number of piperidine rings is 1. The van der Waals surface area contributed by atoms with Gasteiger partial charge in [-0.2, -0.15) is 0 Å². The highest BCUT2D eigenvalue weighted by molar-refractivity contribution is 5.92. The second-order valence-electron chi connectivity index (χ2n) is 12.8. The normalized spacial score (nSPS) is 27.9. The van der Waals surface area contributed by atoms with E-state index in [0.717, 1.165) is 54.7 Å². The van der Waals surface area contributed by atoms with Crippen LogP contribution in [0.4, 0.5) is 0 Å². The average molecular weight is 559 g/mol. The van der Waals surface area contributed by atoms with Crippen LogP contribution in [0.3, 0.4) is 0 Å². The van der Waals surface area contributed by atoms with Crippen molar-refractivity contribution < 1.29 is 23.8 Å². The molecule has 2 aliphatic heterocycles. The summed E-state index contributed by atoms with van der Waals surface area (Å²) in [7, 11) is 3.85. The van der Waals surface area contributed by atoms with E-state index >= 15 is 0 Å². The SMILES string of the molecule is COc1cc(OC(C)=O)c2c3c1O[C@H]1[C@H](N(CC(C)C)C(=O)C=Cc4cccc(C)c4)CC[C@H]4[C@@H](C2)N(C)CC[C@@]341. The zero-order chi connectivity index (χ0) is 29.1. The Balaban J connectivity index is 1.44. The summed E-state index contributed by atoms with van der Waals surface area (Å²) in [6.45, 7) is 9.45. The Kier molecular flexibility index (Phi) is 7.13. The Hall–Kier alpha value is -3.32. The van der Waals surface area contributed by atoms with Crippen molar-refractivity contribution in [2.24, 2.45) is 11.8 Å². The van der Waals surface area contributed by atoms with Gasteiger partial charge in [0.05, 0.1) is 13.2 Å². The molecule has 41 heavy (non-hydrogen) atoms. The molecule has 7 heteroatoms. The van der Waals surface area contributed by atoms with E-state index in [1.165, 1.54) is 12.5 Å². The van der Waals surface area contributed by atoms with Gasteiger partial charge >= 0.3 is 5.97 Å². The van der Waals surface area contributed by atoms with Crippen LogP contribution in [-0.2, 0) is 21.4 Å². The van der Waals surface area contributed by atoms with Crippen molar-refractivity contribution >= 4 is 18.0 Å². The van der Waals surface area contributed by atoms with E-state index in [4.69, 9.17) is 14.2 Å². The van der Waals surface area contributed by atoms with Crippen LogP contribution in [0.5, 0.6) is 17.2 Å². The second kappa shape index (κ2) is 10.5. The monoisotopic (exact) mass is 558 g/mol. The highest BCUT2D eigenvalue weighted by Crippen LogP contribution is 2.65. The molecule has 0 radical (unpaired) electrons. The Bertz CT molecular complexity index is 1400. The molecule has 5 atom stereocenters. The maximum Gasteiger partial charge on any atom is 0.308 e. The molecule has 218 valence electrons. The molecule has 0 N–H and O–H groups in total. The summed E-state index contributed by atoms with van der Waals surface area (Å²) in [5, 5.41) is 0. The van der Waals surface area contributed by atoms with Gasteiger partial charge in [0.1, 0.15) is 11.9 Å². The number of rotatable bonds is 7. The lowest BCUT2D eigenvalue weighted by Crippen LogP contribution is -2.68. The van der Waals surface area contributed by atoms with Crippen LogP contribution in [0.25, 0.3) is 6.08 Å². The summed E-state index contributed by atoms with van der Waals surface area (Å²) in [6, 6.07) is 10.3. The molecule has 1 saturated carbocycles. The number of methoxy groups -OCH3 is 1. The predicted molar refractivity (Wildman–Crippen MR) is 158 cm³/mol. The van der Waals surface area contributed by atoms with Gasteiger partial charge in [0.2, 0.25) is 5.91 Å². The van der Waals surface area contributed by atoms with Crippen LogP contribution in [-0.4, -0.2) is 67.1 Å². The summed E-state index contributed by atoms with van der Waals surface area (Å²) in [5.41, 5.74) is 4.15. The van der Waals surface area contributed by atoms with Crippen molar-refractivity contribution in [3.8, 4) is 17.2 Å². The molecule has 2 aliphatic carbocycles. The number of carbonyl (C=O) groups excluding carboxylic acids is 2. The minimum atomic E-state index is -0.340. The summed E-state index contributed by atoms with van der Waals surface area (Å²) in [4.78, 5) is 30.6. The lowest BCUT2D eigenvalue weighted by Gasteiger charge is -2.60. The number of benzene rings is 2. The number of hydrogen-bond donors (Lipinski definition) is 0. The van der Waals surface area contributed by atoms with Crippen LogP contribution >= 0.6 is 0 Å². The lowest BCUT2D eigenvalue weighted by molar-refractivity contribution is -0.138. The molecule has 1 saturated heterocycles. The van der Waals surface area contributed by atoms with E-state index < -0.39 is 0 Å². The fourth-order valence-electron chi connectivity index (χ4n) is 8.28. The number of esters is 1. The minimum absolute atomic E-state index is 0.0210. The zero-order valence-electron chi connectivity index (χ0n) is 25.1. The summed E-state index contributed by atoms with van der Waals surface area (Å²) in [5.74, 6) is 2.33. The molecule has 2 heterocycles. The van der Waals surface area contributed by atoms with Gasteiger partial charge in [0.15, 0.2) is 11.5 Å². The van der Waals surface area contributed by atoms with Gasteiger partial charge in [0.25, 0.3) is 0 Å². The topological polar surface area (TPSA) is 68.3 Å². The van der Waals surface area contributed by atoms with Gasteiger partial charge in [0, 0.05) is 48.2 Å². The number of nitrogens with zero attached hydrogens (tertiary/aromatic N) is 2. The average Bonchev–Trinajstić information content (AvgIpc) is 3.27. The van der Waals surface area contributed by atoms with E-state index in [2.05, 4.69) is 49.8 Å². The van der Waals surface area contributed by atoms with Crippen molar-refractivity contribution in [1.29, 1.82) is 0 Å². The summed E-state index contributed by atoms with van der Waals surface area (Å²) in [6.07, 6.45) is 7.11. The van der Waals surface area contributed by atoms with Gasteiger partial charge in [-0.05, 0) is 69.7 Å². The first-order valence-corrected chi connectivity index (χ1v) is 15.0. The molecule has 0 unspecified atom stereocenters. The number of likely N-dealkylation sites (N-methyl/N-ethyl adjacent to an activating group) is 1. The third-order valence-corrected chi connectivity index (χ3v) is 9.82. The molecule has 1 spiro atoms. The molecule has 1 amide bonds. The number of carbonyl (C=O) groups is 2. The highest BCUT2D eigenvalue weighted by Gasteiger charge is 2.67. The molecule has 0 aromatic heterocycles. The van der Waals surface area contributed by atoms with Gasteiger partial charge in [-0.3, -0.25) is 9.59 Å². The van der Waals surface area contributed by atoms with Gasteiger partial charge in [-0.25, -0.2) is 0 Å². The lowest BCUT2D eigenvalue weighted by atomic mass is 9.51. The van der Waals surface area contributed by atoms with Crippen molar-refractivity contribution in [1.82, 2.24) is 9.80 Å². The molecule has 4 aliphatic rings. The molecular weight excluding hydrogens is 516 g/mol. The largest absolute Gasteiger partial charge is 0.493 e. The highest BCUT2D eigenvalue weighted by atomic mass is 16.5. The number of hydrogen-bond acceptors (Lipinski definition) is 6. The quantitative estimate of drug-likeness (QED) is 0.266. The molecule has 6 rings (SSSR count). The number of likely N-dealkylation sites (tertiary alicyclic amines) is 1. The van der Waals surface area contributed by atoms with Crippen molar-refractivity contribution in [3.05, 3.63) is 58.7 Å². The molecule has 7 nitrogen and oxygen atoms in total. The van der Waals surface area contributed by atoms with Crippen LogP contribution in [0.15, 0.2) is 36.4 Å². The Labute approximate surface area is 243 Å². The van der Waals surface area contributed by atoms with E-state index in [1.807, 2.05) is 24.3 Å². The molecule has 2 aromatic rings. The van der Waals surface area contributed by atoms with E-state index in [1.54, 1.807) is 13.2 Å². The standard InChI is InChI=1S/C34H42N2O5/c1-20(2)19-36(30(38)13-10-23-9-7-8-21(3)16-23)26-12-11-25-27-17-24-28(40-22(4)37)18-29(39-6)32-31(24)34(25,33(26)41-32)14-15-35(27)5/h7-10,13,16,18,20,25-27,33H,11-12,14-15,17,19H2,1-6H3/t25-,26+,27+,33-,34-/m0/s1. The fourth-order valence-corrected chi connectivity index (χ4v) is 8.28. The van der Waals surface area contributed by atoms with Gasteiger partial charge < -0.3 is 24.0 Å².